The summed E-state index contributed by atoms with van der Waals surface area (Å²) in [6.45, 7) is 6.70. The zero-order chi connectivity index (χ0) is 26.5. The summed E-state index contributed by atoms with van der Waals surface area (Å²) in [5.74, 6) is -0.144. The maximum atomic E-state index is 13.8. The minimum atomic E-state index is -0.716. The van der Waals surface area contributed by atoms with Crippen LogP contribution in [0.2, 0.25) is 5.02 Å². The third kappa shape index (κ3) is 4.66. The van der Waals surface area contributed by atoms with E-state index < -0.39 is 11.5 Å². The number of piperazine rings is 1. The fraction of sp³-hybridized carbons (Fsp3) is 0.393. The van der Waals surface area contributed by atoms with Crippen molar-refractivity contribution in [2.45, 2.75) is 45.3 Å². The molecule has 0 radical (unpaired) electrons. The van der Waals surface area contributed by atoms with Gasteiger partial charge in [0.25, 0.3) is 11.8 Å². The first-order valence-corrected chi connectivity index (χ1v) is 12.8. The number of fused-ring (bicyclic) bond motifs is 3. The van der Waals surface area contributed by atoms with Gasteiger partial charge >= 0.3 is 0 Å². The van der Waals surface area contributed by atoms with Crippen molar-refractivity contribution in [3.8, 4) is 5.75 Å². The maximum absolute atomic E-state index is 13.8. The fourth-order valence-corrected chi connectivity index (χ4v) is 5.56. The van der Waals surface area contributed by atoms with Gasteiger partial charge in [-0.2, -0.15) is 0 Å². The third-order valence-electron chi connectivity index (χ3n) is 7.34. The fourth-order valence-electron chi connectivity index (χ4n) is 5.40. The van der Waals surface area contributed by atoms with E-state index in [4.69, 9.17) is 16.3 Å². The summed E-state index contributed by atoms with van der Waals surface area (Å²) in [5.41, 5.74) is 1.23. The number of halogens is 1. The van der Waals surface area contributed by atoms with E-state index in [9.17, 15) is 14.4 Å². The maximum Gasteiger partial charge on any atom is 0.268 e. The lowest BCUT2D eigenvalue weighted by Gasteiger charge is -2.39. The summed E-state index contributed by atoms with van der Waals surface area (Å²) in [7, 11) is 1.51. The Bertz CT molecular complexity index is 1350. The molecule has 3 unspecified atom stereocenters. The smallest absolute Gasteiger partial charge is 0.268 e. The molecule has 9 heteroatoms. The number of nitrogens with one attached hydrogen (secondary N) is 2. The average molecular weight is 523 g/mol. The molecule has 3 amide bonds. The second-order valence-electron chi connectivity index (χ2n) is 10.9. The number of nitrogens with zero attached hydrogens (tertiary/aromatic N) is 2. The second kappa shape index (κ2) is 9.41. The number of amides is 3. The van der Waals surface area contributed by atoms with Gasteiger partial charge in [0.1, 0.15) is 17.5 Å². The van der Waals surface area contributed by atoms with Crippen LogP contribution in [0.3, 0.4) is 0 Å². The van der Waals surface area contributed by atoms with Gasteiger partial charge in [-0.25, -0.2) is 0 Å². The summed E-state index contributed by atoms with van der Waals surface area (Å²) < 4.78 is 5.37. The third-order valence-corrected chi connectivity index (χ3v) is 7.58. The molecule has 2 aliphatic rings. The van der Waals surface area contributed by atoms with Crippen LogP contribution in [0.25, 0.3) is 10.9 Å². The molecule has 3 aromatic rings. The Kier molecular flexibility index (Phi) is 6.40. The van der Waals surface area contributed by atoms with E-state index in [0.717, 1.165) is 10.9 Å². The molecule has 0 aliphatic carbocycles. The first kappa shape index (κ1) is 25.1. The number of hydrogen-bond donors (Lipinski definition) is 2. The summed E-state index contributed by atoms with van der Waals surface area (Å²) >= 11 is 6.06. The Balaban J connectivity index is 1.30. The number of hydrogen-bond acceptors (Lipinski definition) is 4. The van der Waals surface area contributed by atoms with E-state index in [1.807, 2.05) is 54.8 Å². The molecule has 1 aromatic heterocycles. The molecule has 0 spiro atoms. The predicted octanol–water partition coefficient (Wildman–Crippen LogP) is 4.10. The number of para-hydroxylation sites is 1. The largest absolute Gasteiger partial charge is 0.496 e. The van der Waals surface area contributed by atoms with Crippen LogP contribution in [-0.2, 0) is 4.79 Å². The van der Waals surface area contributed by atoms with Crippen LogP contribution in [0.15, 0.2) is 48.5 Å². The number of H-pyrrole nitrogens is 1. The SMILES string of the molecule is COc1cc(Cl)ccc1C(=O)N1CC2CC1CN2C(=O)C(NC(=O)c1cc2ccccc2[nH]1)C(C)(C)C. The van der Waals surface area contributed by atoms with E-state index in [1.54, 1.807) is 24.3 Å². The lowest BCUT2D eigenvalue weighted by Crippen LogP contribution is -2.59. The number of ether oxygens (including phenoxy) is 1. The van der Waals surface area contributed by atoms with Gasteiger partial charge in [0.15, 0.2) is 0 Å². The number of aromatic amines is 1. The van der Waals surface area contributed by atoms with E-state index >= 15 is 0 Å². The van der Waals surface area contributed by atoms with Crippen molar-refractivity contribution in [3.63, 3.8) is 0 Å². The van der Waals surface area contributed by atoms with Crippen LogP contribution < -0.4 is 10.1 Å². The predicted molar refractivity (Wildman–Crippen MR) is 142 cm³/mol. The van der Waals surface area contributed by atoms with Crippen molar-refractivity contribution < 1.29 is 19.1 Å². The average Bonchev–Trinajstić information content (AvgIpc) is 3.59. The van der Waals surface area contributed by atoms with E-state index in [1.165, 1.54) is 7.11 Å². The van der Waals surface area contributed by atoms with Gasteiger partial charge in [0.05, 0.1) is 24.8 Å². The highest BCUT2D eigenvalue weighted by molar-refractivity contribution is 6.30. The number of rotatable bonds is 5. The number of aromatic nitrogens is 1. The molecule has 2 bridgehead atoms. The van der Waals surface area contributed by atoms with Crippen molar-refractivity contribution in [1.29, 1.82) is 0 Å². The molecule has 3 heterocycles. The van der Waals surface area contributed by atoms with Crippen LogP contribution in [-0.4, -0.2) is 70.8 Å². The Hall–Kier alpha value is -3.52. The quantitative estimate of drug-likeness (QED) is 0.527. The summed E-state index contributed by atoms with van der Waals surface area (Å²) in [6.07, 6.45) is 0.709. The number of methoxy groups -OCH3 is 1. The summed E-state index contributed by atoms with van der Waals surface area (Å²) in [4.78, 5) is 47.0. The monoisotopic (exact) mass is 522 g/mol. The van der Waals surface area contributed by atoms with Crippen molar-refractivity contribution in [2.75, 3.05) is 20.2 Å². The van der Waals surface area contributed by atoms with Gasteiger partial charge in [0, 0.05) is 29.0 Å². The van der Waals surface area contributed by atoms with Crippen LogP contribution in [0.1, 0.15) is 48.0 Å². The minimum absolute atomic E-state index is 0.0909. The molecule has 37 heavy (non-hydrogen) atoms. The number of carbonyl (C=O) groups excluding carboxylic acids is 3. The van der Waals surface area contributed by atoms with Crippen LogP contribution in [0, 0.1) is 5.41 Å². The van der Waals surface area contributed by atoms with Crippen LogP contribution >= 0.6 is 11.6 Å². The Morgan fingerprint density at radius 2 is 1.76 bits per heavy atom. The Labute approximate surface area is 220 Å². The lowest BCUT2D eigenvalue weighted by molar-refractivity contribution is -0.138. The molecule has 8 nitrogen and oxygen atoms in total. The van der Waals surface area contributed by atoms with Gasteiger partial charge in [-0.3, -0.25) is 14.4 Å². The summed E-state index contributed by atoms with van der Waals surface area (Å²) in [5, 5.41) is 4.41. The Morgan fingerprint density at radius 1 is 1.05 bits per heavy atom. The summed E-state index contributed by atoms with van der Waals surface area (Å²) in [6, 6.07) is 13.5. The number of benzene rings is 2. The van der Waals surface area contributed by atoms with Gasteiger partial charge in [0.2, 0.25) is 5.91 Å². The van der Waals surface area contributed by atoms with Crippen molar-refractivity contribution in [1.82, 2.24) is 20.1 Å². The molecule has 2 aliphatic heterocycles. The molecule has 2 fully saturated rings. The highest BCUT2D eigenvalue weighted by Gasteiger charge is 2.50. The molecule has 2 aromatic carbocycles. The molecular weight excluding hydrogens is 492 g/mol. The standard InChI is InChI=1S/C28H31ClN4O4/c1-28(2,3)24(31-25(34)22-11-16-7-5-6-8-21(16)30-22)27(36)33-15-18-13-19(33)14-32(18)26(35)20-10-9-17(29)12-23(20)37-4/h5-12,18-19,24,30H,13-15H2,1-4H3,(H,31,34). The van der Waals surface area contributed by atoms with Gasteiger partial charge in [-0.15, -0.1) is 0 Å². The van der Waals surface area contributed by atoms with Crippen molar-refractivity contribution >= 4 is 40.2 Å². The van der Waals surface area contributed by atoms with Gasteiger partial charge in [-0.1, -0.05) is 50.6 Å². The zero-order valence-electron chi connectivity index (χ0n) is 21.4. The zero-order valence-corrected chi connectivity index (χ0v) is 22.1. The number of likely N-dealkylation sites (tertiary alicyclic amines) is 2. The Morgan fingerprint density at radius 3 is 2.41 bits per heavy atom. The second-order valence-corrected chi connectivity index (χ2v) is 11.3. The molecular formula is C28H31ClN4O4. The van der Waals surface area contributed by atoms with Crippen LogP contribution in [0.4, 0.5) is 0 Å². The molecule has 3 atom stereocenters. The van der Waals surface area contributed by atoms with E-state index in [0.29, 0.717) is 41.5 Å². The van der Waals surface area contributed by atoms with Gasteiger partial charge < -0.3 is 24.8 Å². The van der Waals surface area contributed by atoms with E-state index in [2.05, 4.69) is 10.3 Å². The van der Waals surface area contributed by atoms with Crippen LogP contribution in [0.5, 0.6) is 5.75 Å². The van der Waals surface area contributed by atoms with Crippen molar-refractivity contribution in [3.05, 3.63) is 64.8 Å². The van der Waals surface area contributed by atoms with Crippen molar-refractivity contribution in [2.24, 2.45) is 5.41 Å². The molecule has 0 saturated carbocycles. The number of carbonyl (C=O) groups is 3. The molecule has 2 saturated heterocycles. The normalized spacial score (nSPS) is 19.8. The molecule has 194 valence electrons. The topological polar surface area (TPSA) is 94.7 Å². The molecule has 2 N–H and O–H groups in total. The first-order valence-electron chi connectivity index (χ1n) is 12.4. The molecule has 5 rings (SSSR count). The minimum Gasteiger partial charge on any atom is -0.496 e. The first-order chi connectivity index (χ1) is 17.6. The lowest BCUT2D eigenvalue weighted by atomic mass is 9.85. The highest BCUT2D eigenvalue weighted by Crippen LogP contribution is 2.35. The van der Waals surface area contributed by atoms with Gasteiger partial charge in [-0.05, 0) is 42.2 Å². The van der Waals surface area contributed by atoms with E-state index in [-0.39, 0.29) is 29.8 Å². The highest BCUT2D eigenvalue weighted by atomic mass is 35.5.